The minimum absolute atomic E-state index is 0.0957. The van der Waals surface area contributed by atoms with Crippen molar-refractivity contribution in [3.8, 4) is 0 Å². The summed E-state index contributed by atoms with van der Waals surface area (Å²) in [7, 11) is 1.36. The van der Waals surface area contributed by atoms with Crippen molar-refractivity contribution in [3.05, 3.63) is 39.9 Å². The Kier molecular flexibility index (Phi) is 5.32. The van der Waals surface area contributed by atoms with Crippen LogP contribution in [0.15, 0.2) is 23.0 Å². The summed E-state index contributed by atoms with van der Waals surface area (Å²) in [6, 6.07) is 3.47. The maximum atomic E-state index is 12.7. The zero-order valence-corrected chi connectivity index (χ0v) is 14.5. The van der Waals surface area contributed by atoms with E-state index in [-0.39, 0.29) is 17.7 Å². The van der Waals surface area contributed by atoms with Crippen molar-refractivity contribution >= 4 is 22.8 Å². The molecule has 0 radical (unpaired) electrons. The topological polar surface area (TPSA) is 111 Å². The Morgan fingerprint density at radius 3 is 2.88 bits per heavy atom. The molecule has 2 aromatic rings. The molecule has 2 heterocycles. The van der Waals surface area contributed by atoms with E-state index in [1.807, 2.05) is 0 Å². The number of benzene rings is 1. The summed E-state index contributed by atoms with van der Waals surface area (Å²) in [5, 5.41) is 12.0. The van der Waals surface area contributed by atoms with Crippen LogP contribution in [0.4, 0.5) is 0 Å². The van der Waals surface area contributed by atoms with E-state index in [4.69, 9.17) is 9.84 Å². The van der Waals surface area contributed by atoms with Crippen LogP contribution in [0.3, 0.4) is 0 Å². The standard InChI is InChI=1S/C18H21N3O5/c1-26-10-14(18(24)25)20-16(22)11-6-7-12-13(9-11)19-15-5-3-2-4-8-21(15)17(12)23/h6-7,9,14H,2-5,8,10H2,1H3,(H,20,22)(H,24,25). The van der Waals surface area contributed by atoms with Crippen LogP contribution in [0.5, 0.6) is 0 Å². The van der Waals surface area contributed by atoms with Crippen molar-refractivity contribution in [1.29, 1.82) is 0 Å². The normalized spacial score (nSPS) is 15.1. The van der Waals surface area contributed by atoms with Crippen LogP contribution < -0.4 is 10.9 Å². The van der Waals surface area contributed by atoms with Crippen LogP contribution >= 0.6 is 0 Å². The highest BCUT2D eigenvalue weighted by molar-refractivity contribution is 5.99. The lowest BCUT2D eigenvalue weighted by Crippen LogP contribution is -2.43. The number of nitrogens with one attached hydrogen (secondary N) is 1. The minimum atomic E-state index is -1.18. The van der Waals surface area contributed by atoms with E-state index >= 15 is 0 Å². The molecule has 0 fully saturated rings. The smallest absolute Gasteiger partial charge is 0.328 e. The van der Waals surface area contributed by atoms with Gasteiger partial charge in [0.05, 0.1) is 17.5 Å². The number of carboxylic acid groups (broad SMARTS) is 1. The summed E-state index contributed by atoms with van der Waals surface area (Å²) in [6.45, 7) is 0.526. The van der Waals surface area contributed by atoms with Gasteiger partial charge in [-0.05, 0) is 31.0 Å². The molecule has 0 aliphatic carbocycles. The van der Waals surface area contributed by atoms with Gasteiger partial charge in [-0.3, -0.25) is 14.2 Å². The number of ether oxygens (including phenoxy) is 1. The van der Waals surface area contributed by atoms with Crippen molar-refractivity contribution in [2.75, 3.05) is 13.7 Å². The molecule has 1 aliphatic heterocycles. The average Bonchev–Trinajstić information content (AvgIpc) is 2.86. The van der Waals surface area contributed by atoms with E-state index in [0.29, 0.717) is 17.4 Å². The number of amides is 1. The third-order valence-electron chi connectivity index (χ3n) is 4.52. The first-order chi connectivity index (χ1) is 12.5. The van der Waals surface area contributed by atoms with E-state index in [1.54, 1.807) is 10.6 Å². The van der Waals surface area contributed by atoms with E-state index in [1.165, 1.54) is 19.2 Å². The second kappa shape index (κ2) is 7.65. The first kappa shape index (κ1) is 18.1. The van der Waals surface area contributed by atoms with E-state index in [0.717, 1.165) is 31.5 Å². The molecular formula is C18H21N3O5. The number of carbonyl (C=O) groups is 2. The maximum absolute atomic E-state index is 12.7. The summed E-state index contributed by atoms with van der Waals surface area (Å²) in [5.41, 5.74) is 0.612. The van der Waals surface area contributed by atoms with Crippen molar-refractivity contribution in [2.24, 2.45) is 0 Å². The van der Waals surface area contributed by atoms with Gasteiger partial charge in [-0.2, -0.15) is 0 Å². The molecule has 0 spiro atoms. The molecule has 1 aliphatic rings. The van der Waals surface area contributed by atoms with Crippen molar-refractivity contribution in [1.82, 2.24) is 14.9 Å². The predicted octanol–water partition coefficient (Wildman–Crippen LogP) is 0.952. The molecule has 1 aromatic carbocycles. The number of aromatic nitrogens is 2. The monoisotopic (exact) mass is 359 g/mol. The van der Waals surface area contributed by atoms with Crippen LogP contribution in [0.1, 0.15) is 35.4 Å². The number of aryl methyl sites for hydroxylation is 1. The van der Waals surface area contributed by atoms with Gasteiger partial charge < -0.3 is 15.2 Å². The van der Waals surface area contributed by atoms with Crippen LogP contribution in [-0.2, 0) is 22.5 Å². The molecule has 1 unspecified atom stereocenters. The summed E-state index contributed by atoms with van der Waals surface area (Å²) in [6.07, 6.45) is 3.73. The minimum Gasteiger partial charge on any atom is -0.480 e. The molecule has 8 heteroatoms. The SMILES string of the molecule is COCC(NC(=O)c1ccc2c(=O)n3c(nc2c1)CCCCC3)C(=O)O. The maximum Gasteiger partial charge on any atom is 0.328 e. The Bertz CT molecular complexity index is 906. The number of hydrogen-bond acceptors (Lipinski definition) is 5. The number of carboxylic acids is 1. The van der Waals surface area contributed by atoms with Gasteiger partial charge in [-0.25, -0.2) is 9.78 Å². The Morgan fingerprint density at radius 1 is 1.35 bits per heavy atom. The Hall–Kier alpha value is -2.74. The van der Waals surface area contributed by atoms with E-state index < -0.39 is 17.9 Å². The number of methoxy groups -OCH3 is 1. The van der Waals surface area contributed by atoms with Crippen molar-refractivity contribution in [3.63, 3.8) is 0 Å². The second-order valence-electron chi connectivity index (χ2n) is 6.35. The molecule has 3 rings (SSSR count). The summed E-state index contributed by atoms with van der Waals surface area (Å²) >= 11 is 0. The largest absolute Gasteiger partial charge is 0.480 e. The molecule has 8 nitrogen and oxygen atoms in total. The van der Waals surface area contributed by atoms with E-state index in [2.05, 4.69) is 10.3 Å². The quantitative estimate of drug-likeness (QED) is 0.822. The predicted molar refractivity (Wildman–Crippen MR) is 94.3 cm³/mol. The third kappa shape index (κ3) is 3.60. The van der Waals surface area contributed by atoms with Gasteiger partial charge >= 0.3 is 5.97 Å². The van der Waals surface area contributed by atoms with Crippen LogP contribution in [0.2, 0.25) is 0 Å². The molecule has 1 aromatic heterocycles. The fourth-order valence-electron chi connectivity index (χ4n) is 3.14. The molecule has 1 atom stereocenters. The highest BCUT2D eigenvalue weighted by Crippen LogP contribution is 2.16. The Labute approximate surface area is 149 Å². The molecule has 0 saturated heterocycles. The Morgan fingerprint density at radius 2 is 2.15 bits per heavy atom. The van der Waals surface area contributed by atoms with Crippen LogP contribution in [0.25, 0.3) is 10.9 Å². The zero-order valence-electron chi connectivity index (χ0n) is 14.5. The first-order valence-electron chi connectivity index (χ1n) is 8.57. The average molecular weight is 359 g/mol. The lowest BCUT2D eigenvalue weighted by Gasteiger charge is -2.14. The van der Waals surface area contributed by atoms with Crippen molar-refractivity contribution in [2.45, 2.75) is 38.3 Å². The number of fused-ring (bicyclic) bond motifs is 2. The third-order valence-corrected chi connectivity index (χ3v) is 4.52. The van der Waals surface area contributed by atoms with Crippen LogP contribution in [-0.4, -0.2) is 46.3 Å². The first-order valence-corrected chi connectivity index (χ1v) is 8.57. The fourth-order valence-corrected chi connectivity index (χ4v) is 3.14. The number of hydrogen-bond donors (Lipinski definition) is 2. The molecule has 138 valence electrons. The van der Waals surface area contributed by atoms with Gasteiger partial charge in [0.1, 0.15) is 5.82 Å². The van der Waals surface area contributed by atoms with Gasteiger partial charge in [-0.15, -0.1) is 0 Å². The Balaban J connectivity index is 1.95. The van der Waals surface area contributed by atoms with Crippen LogP contribution in [0, 0.1) is 0 Å². The number of rotatable bonds is 5. The molecule has 2 N–H and O–H groups in total. The molecule has 1 amide bonds. The van der Waals surface area contributed by atoms with Crippen molar-refractivity contribution < 1.29 is 19.4 Å². The summed E-state index contributed by atoms with van der Waals surface area (Å²) in [5.74, 6) is -0.990. The highest BCUT2D eigenvalue weighted by Gasteiger charge is 2.21. The summed E-state index contributed by atoms with van der Waals surface area (Å²) in [4.78, 5) is 40.8. The number of nitrogens with zero attached hydrogens (tertiary/aromatic N) is 2. The molecule has 26 heavy (non-hydrogen) atoms. The second-order valence-corrected chi connectivity index (χ2v) is 6.35. The van der Waals surface area contributed by atoms with Gasteiger partial charge in [-0.1, -0.05) is 6.42 Å². The molecular weight excluding hydrogens is 338 g/mol. The number of carbonyl (C=O) groups excluding carboxylic acids is 1. The molecule has 0 bridgehead atoms. The van der Waals surface area contributed by atoms with E-state index in [9.17, 15) is 14.4 Å². The number of aliphatic carboxylic acids is 1. The molecule has 0 saturated carbocycles. The lowest BCUT2D eigenvalue weighted by atomic mass is 10.1. The van der Waals surface area contributed by atoms with Gasteiger partial charge in [0.25, 0.3) is 11.5 Å². The fraction of sp³-hybridized carbons (Fsp3) is 0.444. The zero-order chi connectivity index (χ0) is 18.7. The lowest BCUT2D eigenvalue weighted by molar-refractivity contribution is -0.140. The summed E-state index contributed by atoms with van der Waals surface area (Å²) < 4.78 is 6.53. The highest BCUT2D eigenvalue weighted by atomic mass is 16.5. The van der Waals surface area contributed by atoms with Gasteiger partial charge in [0.15, 0.2) is 6.04 Å². The van der Waals surface area contributed by atoms with Gasteiger partial charge in [0.2, 0.25) is 0 Å². The van der Waals surface area contributed by atoms with Gasteiger partial charge in [0, 0.05) is 25.6 Å².